The topological polar surface area (TPSA) is 105 Å². The summed E-state index contributed by atoms with van der Waals surface area (Å²) in [6.45, 7) is 7.01. The average molecular weight is 386 g/mol. The van der Waals surface area contributed by atoms with Crippen LogP contribution in [0.15, 0.2) is 29.2 Å². The Labute approximate surface area is 154 Å². The summed E-state index contributed by atoms with van der Waals surface area (Å²) in [6.07, 6.45) is -0.982. The lowest BCUT2D eigenvalue weighted by Gasteiger charge is -2.45. The van der Waals surface area contributed by atoms with E-state index in [2.05, 4.69) is 4.90 Å². The Kier molecular flexibility index (Phi) is 5.84. The first-order valence-electron chi connectivity index (χ1n) is 8.32. The fraction of sp³-hybridized carbons (Fsp3) is 0.588. The maximum atomic E-state index is 13.3. The third-order valence-corrected chi connectivity index (χ3v) is 7.07. The van der Waals surface area contributed by atoms with Gasteiger partial charge >= 0.3 is 6.09 Å². The largest absolute Gasteiger partial charge is 0.497 e. The smallest absolute Gasteiger partial charge is 0.432 e. The third kappa shape index (κ3) is 3.94. The number of carbonyl (C=O) groups is 1. The van der Waals surface area contributed by atoms with Gasteiger partial charge in [0.1, 0.15) is 5.75 Å². The van der Waals surface area contributed by atoms with Crippen LogP contribution < -0.4 is 10.2 Å². The monoisotopic (exact) mass is 386 g/mol. The van der Waals surface area contributed by atoms with Crippen LogP contribution in [0.3, 0.4) is 0 Å². The van der Waals surface area contributed by atoms with Crippen molar-refractivity contribution >= 4 is 15.9 Å². The van der Waals surface area contributed by atoms with Gasteiger partial charge in [0.15, 0.2) is 0 Å². The first-order valence-corrected chi connectivity index (χ1v) is 9.81. The highest BCUT2D eigenvalue weighted by atomic mass is 32.2. The number of methoxy groups -OCH3 is 1. The fourth-order valence-electron chi connectivity index (χ4n) is 3.11. The molecule has 0 radical (unpaired) electrons. The van der Waals surface area contributed by atoms with Gasteiger partial charge < -0.3 is 9.47 Å². The van der Waals surface area contributed by atoms with E-state index >= 15 is 0 Å². The standard InChI is InChI=1S/C17H26N2O6S/c1-16(2,3)19-11-9-17(10-12-19,25-15(20)18-21)26(22,23)14-7-5-13(24-4)6-8-14/h5-8,21H,9-12H2,1-4H3,(H,18,20). The number of amides is 1. The second-order valence-electron chi connectivity index (χ2n) is 7.25. The van der Waals surface area contributed by atoms with Crippen molar-refractivity contribution in [3.05, 3.63) is 24.3 Å². The molecule has 1 amide bonds. The molecule has 2 N–H and O–H groups in total. The van der Waals surface area contributed by atoms with E-state index in [-0.39, 0.29) is 23.3 Å². The first-order chi connectivity index (χ1) is 12.1. The van der Waals surface area contributed by atoms with E-state index in [0.717, 1.165) is 0 Å². The van der Waals surface area contributed by atoms with Crippen molar-refractivity contribution in [3.63, 3.8) is 0 Å². The predicted octanol–water partition coefficient (Wildman–Crippen LogP) is 2.17. The summed E-state index contributed by atoms with van der Waals surface area (Å²) >= 11 is 0. The number of nitrogens with one attached hydrogen (secondary N) is 1. The molecule has 0 aliphatic carbocycles. The van der Waals surface area contributed by atoms with Crippen molar-refractivity contribution in [2.24, 2.45) is 0 Å². The molecule has 1 heterocycles. The molecule has 0 unspecified atom stereocenters. The summed E-state index contributed by atoms with van der Waals surface area (Å²) in [6, 6.07) is 5.92. The zero-order valence-electron chi connectivity index (χ0n) is 15.5. The second-order valence-corrected chi connectivity index (χ2v) is 9.47. The van der Waals surface area contributed by atoms with Gasteiger partial charge in [-0.15, -0.1) is 0 Å². The third-order valence-electron chi connectivity index (χ3n) is 4.70. The van der Waals surface area contributed by atoms with Gasteiger partial charge in [-0.1, -0.05) is 0 Å². The summed E-state index contributed by atoms with van der Waals surface area (Å²) in [4.78, 5) is 12.1. The van der Waals surface area contributed by atoms with Crippen LogP contribution in [0.2, 0.25) is 0 Å². The van der Waals surface area contributed by atoms with Crippen LogP contribution in [-0.2, 0) is 14.6 Å². The Morgan fingerprint density at radius 3 is 2.15 bits per heavy atom. The number of sulfone groups is 1. The van der Waals surface area contributed by atoms with E-state index in [0.29, 0.717) is 18.8 Å². The van der Waals surface area contributed by atoms with Gasteiger partial charge in [-0.25, -0.2) is 18.7 Å². The lowest BCUT2D eigenvalue weighted by Crippen LogP contribution is -2.56. The molecule has 9 heteroatoms. The van der Waals surface area contributed by atoms with Crippen LogP contribution in [0.4, 0.5) is 4.79 Å². The van der Waals surface area contributed by atoms with Crippen LogP contribution >= 0.6 is 0 Å². The number of carbonyl (C=O) groups excluding carboxylic acids is 1. The molecule has 1 aliphatic rings. The Morgan fingerprint density at radius 2 is 1.73 bits per heavy atom. The van der Waals surface area contributed by atoms with Crippen LogP contribution in [0.1, 0.15) is 33.6 Å². The quantitative estimate of drug-likeness (QED) is 0.603. The van der Waals surface area contributed by atoms with E-state index < -0.39 is 20.9 Å². The van der Waals surface area contributed by atoms with Crippen molar-refractivity contribution in [2.45, 2.75) is 49.0 Å². The molecule has 8 nitrogen and oxygen atoms in total. The highest BCUT2D eigenvalue weighted by Gasteiger charge is 2.51. The van der Waals surface area contributed by atoms with Gasteiger partial charge in [0.05, 0.1) is 12.0 Å². The number of piperidine rings is 1. The van der Waals surface area contributed by atoms with Gasteiger partial charge in [0.2, 0.25) is 14.8 Å². The number of rotatable bonds is 4. The Bertz CT molecular complexity index is 732. The average Bonchev–Trinajstić information content (AvgIpc) is 2.61. The predicted molar refractivity (Wildman–Crippen MR) is 94.9 cm³/mol. The van der Waals surface area contributed by atoms with Crippen LogP contribution in [-0.4, -0.2) is 55.3 Å². The molecule has 1 aromatic rings. The van der Waals surface area contributed by atoms with Crippen molar-refractivity contribution < 1.29 is 27.9 Å². The summed E-state index contributed by atoms with van der Waals surface area (Å²) in [5.74, 6) is 0.523. The van der Waals surface area contributed by atoms with Crippen molar-refractivity contribution in [1.82, 2.24) is 10.4 Å². The maximum absolute atomic E-state index is 13.3. The van der Waals surface area contributed by atoms with Gasteiger partial charge in [-0.2, -0.15) is 0 Å². The second kappa shape index (κ2) is 7.42. The lowest BCUT2D eigenvalue weighted by atomic mass is 9.99. The number of hydrogen-bond donors (Lipinski definition) is 2. The van der Waals surface area contributed by atoms with E-state index in [4.69, 9.17) is 14.7 Å². The van der Waals surface area contributed by atoms with Crippen LogP contribution in [0, 0.1) is 0 Å². The Hall–Kier alpha value is -1.84. The zero-order chi connectivity index (χ0) is 19.6. The zero-order valence-corrected chi connectivity index (χ0v) is 16.3. The molecule has 0 saturated carbocycles. The minimum Gasteiger partial charge on any atom is -0.497 e. The molecule has 146 valence electrons. The molecule has 2 rings (SSSR count). The molecule has 0 atom stereocenters. The molecular formula is C17H26N2O6S. The fourth-order valence-corrected chi connectivity index (χ4v) is 4.93. The number of benzene rings is 1. The Morgan fingerprint density at radius 1 is 1.19 bits per heavy atom. The molecule has 0 aromatic heterocycles. The summed E-state index contributed by atoms with van der Waals surface area (Å²) in [7, 11) is -2.51. The van der Waals surface area contributed by atoms with Crippen LogP contribution in [0.5, 0.6) is 5.75 Å². The van der Waals surface area contributed by atoms with Crippen molar-refractivity contribution in [2.75, 3.05) is 20.2 Å². The van der Waals surface area contributed by atoms with Gasteiger partial charge in [-0.3, -0.25) is 10.1 Å². The molecule has 1 fully saturated rings. The molecule has 26 heavy (non-hydrogen) atoms. The van der Waals surface area contributed by atoms with Crippen molar-refractivity contribution in [1.29, 1.82) is 0 Å². The molecule has 1 aromatic carbocycles. The van der Waals surface area contributed by atoms with Crippen molar-refractivity contribution in [3.8, 4) is 5.75 Å². The summed E-state index contributed by atoms with van der Waals surface area (Å²) in [5.41, 5.74) is 1.23. The molecule has 1 saturated heterocycles. The van der Waals surface area contributed by atoms with Crippen LogP contribution in [0.25, 0.3) is 0 Å². The van der Waals surface area contributed by atoms with Gasteiger partial charge in [0, 0.05) is 31.5 Å². The molecule has 1 aliphatic heterocycles. The SMILES string of the molecule is COc1ccc(S(=O)(=O)C2(OC(=O)NO)CCN(C(C)(C)C)CC2)cc1. The highest BCUT2D eigenvalue weighted by Crippen LogP contribution is 2.38. The lowest BCUT2D eigenvalue weighted by molar-refractivity contribution is -0.0156. The number of ether oxygens (including phenoxy) is 2. The molecule has 0 bridgehead atoms. The first kappa shape index (κ1) is 20.5. The molecule has 0 spiro atoms. The van der Waals surface area contributed by atoms with Gasteiger partial charge in [0.25, 0.3) is 0 Å². The number of hydroxylamine groups is 1. The normalized spacial score (nSPS) is 18.2. The highest BCUT2D eigenvalue weighted by molar-refractivity contribution is 7.92. The number of likely N-dealkylation sites (tertiary alicyclic amines) is 1. The minimum atomic E-state index is -4.00. The molecular weight excluding hydrogens is 360 g/mol. The van der Waals surface area contributed by atoms with E-state index in [9.17, 15) is 13.2 Å². The minimum absolute atomic E-state index is 0.0354. The summed E-state index contributed by atoms with van der Waals surface area (Å²) in [5, 5.41) is 8.82. The number of nitrogens with zero attached hydrogens (tertiary/aromatic N) is 1. The number of hydrogen-bond acceptors (Lipinski definition) is 7. The van der Waals surface area contributed by atoms with E-state index in [1.54, 1.807) is 0 Å². The van der Waals surface area contributed by atoms with E-state index in [1.807, 2.05) is 20.8 Å². The summed E-state index contributed by atoms with van der Waals surface area (Å²) < 4.78 is 36.8. The van der Waals surface area contributed by atoms with Gasteiger partial charge in [-0.05, 0) is 45.0 Å². The maximum Gasteiger partial charge on any atom is 0.432 e. The van der Waals surface area contributed by atoms with E-state index in [1.165, 1.54) is 36.9 Å². The Balaban J connectivity index is 2.39.